The standard InChI is InChI=1S/C14H17NO2/c16-14(17)11-3-1-10(2-4-11)12-7-8-15(9-12)13-5-6-13/h1-4,12-13H,5-9H2,(H,16,17). The number of carboxylic acid groups (broad SMARTS) is 1. The van der Waals surface area contributed by atoms with Gasteiger partial charge in [0.15, 0.2) is 0 Å². The fourth-order valence-electron chi connectivity index (χ4n) is 2.73. The fraction of sp³-hybridized carbons (Fsp3) is 0.500. The first-order valence-corrected chi connectivity index (χ1v) is 6.31. The van der Waals surface area contributed by atoms with E-state index in [0.717, 1.165) is 12.6 Å². The van der Waals surface area contributed by atoms with Gasteiger partial charge in [-0.15, -0.1) is 0 Å². The molecule has 17 heavy (non-hydrogen) atoms. The van der Waals surface area contributed by atoms with Crippen LogP contribution in [0.4, 0.5) is 0 Å². The van der Waals surface area contributed by atoms with E-state index < -0.39 is 5.97 Å². The van der Waals surface area contributed by atoms with E-state index >= 15 is 0 Å². The van der Waals surface area contributed by atoms with Crippen LogP contribution in [0.1, 0.15) is 41.1 Å². The SMILES string of the molecule is O=C(O)c1ccc(C2CCN(C3CC3)C2)cc1. The molecule has 1 aliphatic carbocycles. The molecule has 3 nitrogen and oxygen atoms in total. The largest absolute Gasteiger partial charge is 0.478 e. The minimum atomic E-state index is -0.845. The van der Waals surface area contributed by atoms with Crippen molar-refractivity contribution < 1.29 is 9.90 Å². The predicted octanol–water partition coefficient (Wildman–Crippen LogP) is 2.34. The molecule has 1 unspecified atom stereocenters. The lowest BCUT2D eigenvalue weighted by atomic mass is 9.97. The summed E-state index contributed by atoms with van der Waals surface area (Å²) in [5.74, 6) is -0.249. The van der Waals surface area contributed by atoms with Gasteiger partial charge in [0.05, 0.1) is 5.56 Å². The number of rotatable bonds is 3. The van der Waals surface area contributed by atoms with Crippen LogP contribution < -0.4 is 0 Å². The first-order chi connectivity index (χ1) is 8.24. The van der Waals surface area contributed by atoms with Gasteiger partial charge in [-0.3, -0.25) is 4.90 Å². The molecule has 0 amide bonds. The second-order valence-electron chi connectivity index (χ2n) is 5.14. The highest BCUT2D eigenvalue weighted by atomic mass is 16.4. The van der Waals surface area contributed by atoms with Crippen molar-refractivity contribution in [3.63, 3.8) is 0 Å². The number of carboxylic acids is 1. The van der Waals surface area contributed by atoms with Crippen LogP contribution in [0.5, 0.6) is 0 Å². The Morgan fingerprint density at radius 2 is 1.88 bits per heavy atom. The summed E-state index contributed by atoms with van der Waals surface area (Å²) >= 11 is 0. The van der Waals surface area contributed by atoms with Gasteiger partial charge in [-0.1, -0.05) is 12.1 Å². The zero-order valence-electron chi connectivity index (χ0n) is 9.80. The molecular weight excluding hydrogens is 214 g/mol. The third-order valence-corrected chi connectivity index (χ3v) is 3.91. The molecule has 3 heteroatoms. The van der Waals surface area contributed by atoms with Gasteiger partial charge < -0.3 is 5.11 Å². The molecule has 90 valence electrons. The third kappa shape index (κ3) is 2.20. The summed E-state index contributed by atoms with van der Waals surface area (Å²) in [6, 6.07) is 8.24. The van der Waals surface area contributed by atoms with E-state index in [1.807, 2.05) is 12.1 Å². The highest BCUT2D eigenvalue weighted by molar-refractivity contribution is 5.87. The van der Waals surface area contributed by atoms with E-state index in [2.05, 4.69) is 4.90 Å². The van der Waals surface area contributed by atoms with Gasteiger partial charge in [-0.2, -0.15) is 0 Å². The summed E-state index contributed by atoms with van der Waals surface area (Å²) in [4.78, 5) is 13.4. The molecule has 1 heterocycles. The van der Waals surface area contributed by atoms with E-state index in [1.54, 1.807) is 12.1 Å². The molecule has 1 aromatic rings. The molecule has 0 spiro atoms. The Labute approximate surface area is 101 Å². The van der Waals surface area contributed by atoms with Crippen molar-refractivity contribution in [1.82, 2.24) is 4.90 Å². The third-order valence-electron chi connectivity index (χ3n) is 3.91. The molecule has 3 rings (SSSR count). The van der Waals surface area contributed by atoms with Crippen LogP contribution in [0.3, 0.4) is 0 Å². The normalized spacial score (nSPS) is 25.1. The number of likely N-dealkylation sites (tertiary alicyclic amines) is 1. The summed E-state index contributed by atoms with van der Waals surface area (Å²) in [5, 5.41) is 8.86. The number of hydrogen-bond donors (Lipinski definition) is 1. The summed E-state index contributed by atoms with van der Waals surface area (Å²) in [6.07, 6.45) is 3.94. The summed E-state index contributed by atoms with van der Waals surface area (Å²) in [7, 11) is 0. The van der Waals surface area contributed by atoms with Gasteiger partial charge in [-0.05, 0) is 49.4 Å². The van der Waals surface area contributed by atoms with Crippen LogP contribution in [-0.2, 0) is 0 Å². The average molecular weight is 231 g/mol. The summed E-state index contributed by atoms with van der Waals surface area (Å²) < 4.78 is 0. The van der Waals surface area contributed by atoms with Crippen LogP contribution >= 0.6 is 0 Å². The molecule has 1 N–H and O–H groups in total. The number of nitrogens with zero attached hydrogens (tertiary/aromatic N) is 1. The van der Waals surface area contributed by atoms with Crippen molar-refractivity contribution >= 4 is 5.97 Å². The molecule has 1 aliphatic heterocycles. The minimum absolute atomic E-state index is 0.380. The maximum absolute atomic E-state index is 10.8. The molecule has 0 bridgehead atoms. The topological polar surface area (TPSA) is 40.5 Å². The smallest absolute Gasteiger partial charge is 0.335 e. The zero-order valence-corrected chi connectivity index (χ0v) is 9.80. The molecular formula is C14H17NO2. The molecule has 1 saturated heterocycles. The monoisotopic (exact) mass is 231 g/mol. The van der Waals surface area contributed by atoms with E-state index in [4.69, 9.17) is 5.11 Å². The molecule has 0 aromatic heterocycles. The first kappa shape index (κ1) is 10.8. The van der Waals surface area contributed by atoms with E-state index in [-0.39, 0.29) is 0 Å². The molecule has 2 fully saturated rings. The Morgan fingerprint density at radius 3 is 2.47 bits per heavy atom. The number of benzene rings is 1. The minimum Gasteiger partial charge on any atom is -0.478 e. The fourth-order valence-corrected chi connectivity index (χ4v) is 2.73. The quantitative estimate of drug-likeness (QED) is 0.868. The molecule has 2 aliphatic rings. The zero-order chi connectivity index (χ0) is 11.8. The lowest BCUT2D eigenvalue weighted by Gasteiger charge is -2.14. The first-order valence-electron chi connectivity index (χ1n) is 6.31. The number of hydrogen-bond acceptors (Lipinski definition) is 2. The van der Waals surface area contributed by atoms with Crippen LogP contribution in [0.25, 0.3) is 0 Å². The van der Waals surface area contributed by atoms with Gasteiger partial charge in [0.1, 0.15) is 0 Å². The second-order valence-corrected chi connectivity index (χ2v) is 5.14. The lowest BCUT2D eigenvalue weighted by Crippen LogP contribution is -2.22. The molecule has 1 aromatic carbocycles. The van der Waals surface area contributed by atoms with E-state index in [9.17, 15) is 4.79 Å². The van der Waals surface area contributed by atoms with Crippen LogP contribution in [0.2, 0.25) is 0 Å². The Bertz CT molecular complexity index is 422. The highest BCUT2D eigenvalue weighted by Gasteiger charge is 2.34. The van der Waals surface area contributed by atoms with Crippen LogP contribution in [0.15, 0.2) is 24.3 Å². The summed E-state index contributed by atoms with van der Waals surface area (Å²) in [5.41, 5.74) is 1.67. The average Bonchev–Trinajstić information content (AvgIpc) is 3.07. The van der Waals surface area contributed by atoms with Crippen molar-refractivity contribution in [1.29, 1.82) is 0 Å². The lowest BCUT2D eigenvalue weighted by molar-refractivity contribution is 0.0697. The Morgan fingerprint density at radius 1 is 1.18 bits per heavy atom. The van der Waals surface area contributed by atoms with Gasteiger partial charge >= 0.3 is 5.97 Å². The predicted molar refractivity (Wildman–Crippen MR) is 65.4 cm³/mol. The van der Waals surface area contributed by atoms with Gasteiger partial charge in [0.25, 0.3) is 0 Å². The molecule has 1 atom stereocenters. The maximum Gasteiger partial charge on any atom is 0.335 e. The number of carbonyl (C=O) groups is 1. The van der Waals surface area contributed by atoms with Gasteiger partial charge in [0, 0.05) is 12.6 Å². The maximum atomic E-state index is 10.8. The Hall–Kier alpha value is -1.35. The van der Waals surface area contributed by atoms with Gasteiger partial charge in [-0.25, -0.2) is 4.79 Å². The van der Waals surface area contributed by atoms with Gasteiger partial charge in [0.2, 0.25) is 0 Å². The van der Waals surface area contributed by atoms with E-state index in [0.29, 0.717) is 11.5 Å². The van der Waals surface area contributed by atoms with Crippen molar-refractivity contribution in [2.24, 2.45) is 0 Å². The van der Waals surface area contributed by atoms with Crippen LogP contribution in [0, 0.1) is 0 Å². The van der Waals surface area contributed by atoms with Crippen molar-refractivity contribution in [3.8, 4) is 0 Å². The Kier molecular flexibility index (Phi) is 2.63. The highest BCUT2D eigenvalue weighted by Crippen LogP contribution is 2.35. The summed E-state index contributed by atoms with van der Waals surface area (Å²) in [6.45, 7) is 2.35. The second kappa shape index (κ2) is 4.15. The van der Waals surface area contributed by atoms with Crippen molar-refractivity contribution in [2.75, 3.05) is 13.1 Å². The Balaban J connectivity index is 1.69. The van der Waals surface area contributed by atoms with Crippen molar-refractivity contribution in [2.45, 2.75) is 31.2 Å². The van der Waals surface area contributed by atoms with E-state index in [1.165, 1.54) is 31.4 Å². The van der Waals surface area contributed by atoms with Crippen LogP contribution in [-0.4, -0.2) is 35.1 Å². The molecule has 0 radical (unpaired) electrons. The number of aromatic carboxylic acids is 1. The molecule has 1 saturated carbocycles. The van der Waals surface area contributed by atoms with Crippen molar-refractivity contribution in [3.05, 3.63) is 35.4 Å².